The maximum Gasteiger partial charge on any atom is 0.221 e. The van der Waals surface area contributed by atoms with Gasteiger partial charge in [-0.25, -0.2) is 0 Å². The van der Waals surface area contributed by atoms with Crippen molar-refractivity contribution in [2.45, 2.75) is 32.0 Å². The molecule has 0 fully saturated rings. The molecular weight excluding hydrogens is 400 g/mol. The van der Waals surface area contributed by atoms with E-state index in [1.165, 1.54) is 10.6 Å². The average molecular weight is 433 g/mol. The molecule has 0 saturated carbocycles. The number of aliphatic hydroxyl groups excluding tert-OH is 1. The van der Waals surface area contributed by atoms with E-state index in [2.05, 4.69) is 67.7 Å². The Labute approximate surface area is 189 Å². The molecular formula is C26H33BNO2P. The van der Waals surface area contributed by atoms with E-state index >= 15 is 0 Å². The molecule has 0 aromatic heterocycles. The fourth-order valence-corrected chi connectivity index (χ4v) is 6.69. The normalized spacial score (nSPS) is 12.8. The lowest BCUT2D eigenvalue weighted by molar-refractivity contribution is -0.122. The maximum absolute atomic E-state index is 13.1. The van der Waals surface area contributed by atoms with E-state index in [-0.39, 0.29) is 32.6 Å². The van der Waals surface area contributed by atoms with Gasteiger partial charge in [0.15, 0.2) is 0 Å². The van der Waals surface area contributed by atoms with Crippen LogP contribution >= 0.6 is 7.92 Å². The molecule has 0 bridgehead atoms. The smallest absolute Gasteiger partial charge is 0.221 e. The molecule has 0 radical (unpaired) electrons. The van der Waals surface area contributed by atoms with Crippen molar-refractivity contribution in [2.75, 3.05) is 6.61 Å². The van der Waals surface area contributed by atoms with Crippen molar-refractivity contribution in [3.63, 3.8) is 0 Å². The van der Waals surface area contributed by atoms with Crippen molar-refractivity contribution in [1.82, 2.24) is 5.32 Å². The summed E-state index contributed by atoms with van der Waals surface area (Å²) in [5.74, 6) is 0.322. The highest BCUT2D eigenvalue weighted by Gasteiger charge is 2.30. The van der Waals surface area contributed by atoms with Gasteiger partial charge in [0, 0.05) is 6.42 Å². The van der Waals surface area contributed by atoms with Crippen LogP contribution in [-0.4, -0.2) is 31.7 Å². The lowest BCUT2D eigenvalue weighted by Crippen LogP contribution is -2.36. The van der Waals surface area contributed by atoms with E-state index < -0.39 is 7.92 Å². The summed E-state index contributed by atoms with van der Waals surface area (Å²) in [5.41, 5.74) is 1.11. The van der Waals surface area contributed by atoms with Gasteiger partial charge < -0.3 is 10.4 Å². The van der Waals surface area contributed by atoms with Crippen molar-refractivity contribution < 1.29 is 9.90 Å². The maximum atomic E-state index is 13.1. The van der Waals surface area contributed by atoms with Crippen LogP contribution in [0.3, 0.4) is 0 Å². The van der Waals surface area contributed by atoms with Crippen LogP contribution in [0.25, 0.3) is 0 Å². The number of hydrogen-bond donors (Lipinski definition) is 2. The SMILES string of the molecule is B.CC(C)[C@@H](CC(=O)N[C@@H](CO)c1ccccc1)P(c1ccccc1)c1ccccc1. The van der Waals surface area contributed by atoms with Crippen LogP contribution in [0, 0.1) is 5.92 Å². The zero-order chi connectivity index (χ0) is 21.3. The fraction of sp³-hybridized carbons (Fsp3) is 0.269. The summed E-state index contributed by atoms with van der Waals surface area (Å²) < 4.78 is 0. The zero-order valence-electron chi connectivity index (χ0n) is 17.6. The van der Waals surface area contributed by atoms with E-state index in [9.17, 15) is 9.90 Å². The van der Waals surface area contributed by atoms with Gasteiger partial charge >= 0.3 is 0 Å². The van der Waals surface area contributed by atoms with Gasteiger partial charge in [0.25, 0.3) is 0 Å². The Morgan fingerprint density at radius 2 is 1.29 bits per heavy atom. The van der Waals surface area contributed by atoms with Gasteiger partial charge in [-0.15, -0.1) is 0 Å². The van der Waals surface area contributed by atoms with E-state index in [1.54, 1.807) is 0 Å². The second-order valence-electron chi connectivity index (χ2n) is 7.77. The van der Waals surface area contributed by atoms with Crippen LogP contribution < -0.4 is 15.9 Å². The van der Waals surface area contributed by atoms with Gasteiger partial charge in [0.2, 0.25) is 5.91 Å². The van der Waals surface area contributed by atoms with Crippen LogP contribution in [0.4, 0.5) is 0 Å². The summed E-state index contributed by atoms with van der Waals surface area (Å²) in [6.45, 7) is 4.27. The van der Waals surface area contributed by atoms with Crippen LogP contribution in [0.2, 0.25) is 0 Å². The second kappa shape index (κ2) is 12.4. The van der Waals surface area contributed by atoms with Gasteiger partial charge in [0.1, 0.15) is 0 Å². The number of hydrogen-bond acceptors (Lipinski definition) is 2. The van der Waals surface area contributed by atoms with Gasteiger partial charge in [0.05, 0.1) is 21.1 Å². The van der Waals surface area contributed by atoms with Crippen LogP contribution in [0.1, 0.15) is 31.9 Å². The second-order valence-corrected chi connectivity index (χ2v) is 10.2. The zero-order valence-corrected chi connectivity index (χ0v) is 18.5. The largest absolute Gasteiger partial charge is 0.394 e. The summed E-state index contributed by atoms with van der Waals surface area (Å²) in [6, 6.07) is 30.3. The molecule has 0 spiro atoms. The number of rotatable bonds is 9. The highest BCUT2D eigenvalue weighted by atomic mass is 31.1. The third-order valence-corrected chi connectivity index (χ3v) is 8.44. The van der Waals surface area contributed by atoms with Crippen molar-refractivity contribution in [1.29, 1.82) is 0 Å². The lowest BCUT2D eigenvalue weighted by Gasteiger charge is -2.32. The molecule has 3 aromatic carbocycles. The standard InChI is InChI=1S/C26H30NO2P.BH3/c1-20(2)25(18-26(29)27-24(19-28)21-12-6-3-7-13-21)30(22-14-8-4-9-15-22)23-16-10-5-11-17-23;/h3-17,20,24-25,28H,18-19H2,1-2H3,(H,27,29);1H3/t24-,25+;/m0./s1. The fourth-order valence-electron chi connectivity index (χ4n) is 3.70. The summed E-state index contributed by atoms with van der Waals surface area (Å²) in [4.78, 5) is 13.1. The molecule has 0 aliphatic heterocycles. The molecule has 0 saturated heterocycles. The minimum atomic E-state index is -0.693. The van der Waals surface area contributed by atoms with E-state index in [4.69, 9.17) is 0 Å². The average Bonchev–Trinajstić information content (AvgIpc) is 2.79. The third kappa shape index (κ3) is 6.79. The molecule has 0 aliphatic carbocycles. The molecule has 0 unspecified atom stereocenters. The van der Waals surface area contributed by atoms with Gasteiger partial charge in [-0.05, 0) is 35.7 Å². The summed E-state index contributed by atoms with van der Waals surface area (Å²) in [7, 11) is -0.693. The Morgan fingerprint density at radius 3 is 1.71 bits per heavy atom. The first kappa shape index (κ1) is 24.9. The van der Waals surface area contributed by atoms with Crippen LogP contribution in [0.5, 0.6) is 0 Å². The molecule has 3 nitrogen and oxygen atoms in total. The predicted molar refractivity (Wildman–Crippen MR) is 137 cm³/mol. The molecule has 0 heterocycles. The topological polar surface area (TPSA) is 49.3 Å². The molecule has 5 heteroatoms. The number of carbonyl (C=O) groups is 1. The number of amides is 1. The van der Waals surface area contributed by atoms with Gasteiger partial charge in [-0.2, -0.15) is 0 Å². The molecule has 1 amide bonds. The van der Waals surface area contributed by atoms with Crippen molar-refractivity contribution in [3.8, 4) is 0 Å². The van der Waals surface area contributed by atoms with Crippen molar-refractivity contribution in [2.24, 2.45) is 5.92 Å². The highest BCUT2D eigenvalue weighted by molar-refractivity contribution is 7.73. The van der Waals surface area contributed by atoms with Gasteiger partial charge in [-0.1, -0.05) is 105 Å². The van der Waals surface area contributed by atoms with E-state index in [0.29, 0.717) is 12.3 Å². The lowest BCUT2D eigenvalue weighted by atomic mass is 10.1. The minimum absolute atomic E-state index is 0. The summed E-state index contributed by atoms with van der Waals surface area (Å²) in [6.07, 6.45) is 0.427. The highest BCUT2D eigenvalue weighted by Crippen LogP contribution is 2.44. The first-order valence-electron chi connectivity index (χ1n) is 10.4. The minimum Gasteiger partial charge on any atom is -0.394 e. The predicted octanol–water partition coefficient (Wildman–Crippen LogP) is 3.20. The molecule has 2 N–H and O–H groups in total. The Balaban J connectivity index is 0.00000341. The third-order valence-electron chi connectivity index (χ3n) is 5.28. The van der Waals surface area contributed by atoms with Crippen molar-refractivity contribution >= 4 is 32.9 Å². The Kier molecular flexibility index (Phi) is 9.97. The number of nitrogens with one attached hydrogen (secondary N) is 1. The van der Waals surface area contributed by atoms with Crippen LogP contribution in [0.15, 0.2) is 91.0 Å². The Hall–Kier alpha value is -2.42. The first-order chi connectivity index (χ1) is 14.6. The van der Waals surface area contributed by atoms with Gasteiger partial charge in [-0.3, -0.25) is 4.79 Å². The number of aliphatic hydroxyl groups is 1. The van der Waals surface area contributed by atoms with E-state index in [1.807, 2.05) is 42.5 Å². The van der Waals surface area contributed by atoms with Crippen molar-refractivity contribution in [3.05, 3.63) is 96.6 Å². The molecule has 31 heavy (non-hydrogen) atoms. The molecule has 162 valence electrons. The Bertz CT molecular complexity index is 867. The first-order valence-corrected chi connectivity index (χ1v) is 11.9. The quantitative estimate of drug-likeness (QED) is 0.402. The number of carbonyl (C=O) groups excluding carboxylic acids is 1. The molecule has 3 rings (SSSR count). The summed E-state index contributed by atoms with van der Waals surface area (Å²) >= 11 is 0. The Morgan fingerprint density at radius 1 is 0.839 bits per heavy atom. The molecule has 2 atom stereocenters. The monoisotopic (exact) mass is 433 g/mol. The molecule has 3 aromatic rings. The van der Waals surface area contributed by atoms with Crippen LogP contribution in [-0.2, 0) is 4.79 Å². The number of benzene rings is 3. The summed E-state index contributed by atoms with van der Waals surface area (Å²) in [5, 5.41) is 15.4. The van der Waals surface area contributed by atoms with E-state index in [0.717, 1.165) is 5.56 Å². The molecule has 0 aliphatic rings.